The number of nitrogens with two attached hydrogens (primary N) is 1. The third kappa shape index (κ3) is 3.36. The predicted octanol–water partition coefficient (Wildman–Crippen LogP) is 5.67. The Morgan fingerprint density at radius 2 is 1.90 bits per heavy atom. The highest BCUT2D eigenvalue weighted by Crippen LogP contribution is 2.44. The molecule has 2 aliphatic carbocycles. The van der Waals surface area contributed by atoms with Crippen LogP contribution in [0.4, 0.5) is 16.2 Å². The Labute approximate surface area is 175 Å². The van der Waals surface area contributed by atoms with Gasteiger partial charge in [0.25, 0.3) is 0 Å². The monoisotopic (exact) mass is 405 g/mol. The molecular weight excluding hydrogens is 378 g/mol. The zero-order valence-electron chi connectivity index (χ0n) is 17.1. The minimum atomic E-state index is -0.416. The number of aromatic nitrogens is 1. The first-order valence-electron chi connectivity index (χ1n) is 10.7. The highest BCUT2D eigenvalue weighted by atomic mass is 16.6. The van der Waals surface area contributed by atoms with Crippen molar-refractivity contribution < 1.29 is 14.6 Å². The Morgan fingerprint density at radius 3 is 2.53 bits per heavy atom. The Kier molecular flexibility index (Phi) is 4.57. The molecule has 6 heteroatoms. The summed E-state index contributed by atoms with van der Waals surface area (Å²) < 4.78 is 7.70. The molecule has 2 aliphatic rings. The third-order valence-corrected chi connectivity index (χ3v) is 6.45. The molecule has 156 valence electrons. The van der Waals surface area contributed by atoms with E-state index >= 15 is 0 Å². The average molecular weight is 405 g/mol. The van der Waals surface area contributed by atoms with Crippen molar-refractivity contribution in [1.82, 2.24) is 4.57 Å². The molecule has 0 bridgehead atoms. The fourth-order valence-electron chi connectivity index (χ4n) is 4.33. The van der Waals surface area contributed by atoms with Crippen LogP contribution in [-0.2, 0) is 4.74 Å². The van der Waals surface area contributed by atoms with E-state index in [1.807, 2.05) is 37.3 Å². The van der Waals surface area contributed by atoms with Crippen LogP contribution >= 0.6 is 0 Å². The van der Waals surface area contributed by atoms with Crippen LogP contribution in [0.15, 0.2) is 42.5 Å². The predicted molar refractivity (Wildman–Crippen MR) is 119 cm³/mol. The maximum Gasteiger partial charge on any atom is 0.411 e. The Hall–Kier alpha value is -3.15. The van der Waals surface area contributed by atoms with Crippen molar-refractivity contribution in [3.05, 3.63) is 42.5 Å². The van der Waals surface area contributed by atoms with Crippen molar-refractivity contribution in [3.63, 3.8) is 0 Å². The van der Waals surface area contributed by atoms with Crippen LogP contribution in [0.2, 0.25) is 0 Å². The molecule has 3 aromatic rings. The molecule has 5 rings (SSSR count). The molecular formula is C24H27N3O3. The van der Waals surface area contributed by atoms with Gasteiger partial charge in [0.05, 0.1) is 16.9 Å². The van der Waals surface area contributed by atoms with Gasteiger partial charge >= 0.3 is 6.09 Å². The second-order valence-corrected chi connectivity index (χ2v) is 8.57. The summed E-state index contributed by atoms with van der Waals surface area (Å²) in [5, 5.41) is 13.8. The van der Waals surface area contributed by atoms with Crippen LogP contribution < -0.4 is 11.1 Å². The van der Waals surface area contributed by atoms with Gasteiger partial charge in [-0.05, 0) is 69.2 Å². The fraction of sp³-hybridized carbons (Fsp3) is 0.375. The van der Waals surface area contributed by atoms with E-state index in [0.29, 0.717) is 17.6 Å². The molecule has 0 unspecified atom stereocenters. The lowest BCUT2D eigenvalue weighted by molar-refractivity contribution is 0.108. The SMILES string of the molecule is C[C@@H](OC(=O)Nc1ccc(-c2c(N)c3ccc(O)cc3n2C2CCC2)cc1)C1CC1. The van der Waals surface area contributed by atoms with Crippen molar-refractivity contribution in [2.75, 3.05) is 11.1 Å². The van der Waals surface area contributed by atoms with Gasteiger partial charge in [0, 0.05) is 28.7 Å². The van der Waals surface area contributed by atoms with Crippen molar-refractivity contribution >= 4 is 28.4 Å². The van der Waals surface area contributed by atoms with Gasteiger partial charge < -0.3 is 20.1 Å². The smallest absolute Gasteiger partial charge is 0.411 e. The van der Waals surface area contributed by atoms with Crippen LogP contribution in [0.1, 0.15) is 45.1 Å². The summed E-state index contributed by atoms with van der Waals surface area (Å²) >= 11 is 0. The number of carbonyl (C=O) groups is 1. The van der Waals surface area contributed by atoms with Crippen LogP contribution in [0.25, 0.3) is 22.2 Å². The van der Waals surface area contributed by atoms with Gasteiger partial charge in [-0.15, -0.1) is 0 Å². The number of benzene rings is 2. The molecule has 2 aromatic carbocycles. The molecule has 1 amide bonds. The third-order valence-electron chi connectivity index (χ3n) is 6.45. The van der Waals surface area contributed by atoms with E-state index in [1.54, 1.807) is 12.1 Å². The highest BCUT2D eigenvalue weighted by Gasteiger charge is 2.31. The number of anilines is 2. The van der Waals surface area contributed by atoms with Crippen molar-refractivity contribution in [2.45, 2.75) is 51.2 Å². The molecule has 4 N–H and O–H groups in total. The van der Waals surface area contributed by atoms with Crippen LogP contribution in [0.3, 0.4) is 0 Å². The number of fused-ring (bicyclic) bond motifs is 1. The highest BCUT2D eigenvalue weighted by molar-refractivity contribution is 6.01. The standard InChI is InChI=1S/C24H27N3O3/c1-14(15-5-6-15)30-24(29)26-17-9-7-16(8-10-17)23-22(25)20-12-11-19(28)13-21(20)27(23)18-3-2-4-18/h7-15,18,28H,2-6,25H2,1H3,(H,26,29)/t14-/m1/s1. The van der Waals surface area contributed by atoms with Gasteiger partial charge in [-0.2, -0.15) is 0 Å². The number of phenolic OH excluding ortho intramolecular Hbond substituents is 1. The van der Waals surface area contributed by atoms with Gasteiger partial charge in [0.2, 0.25) is 0 Å². The summed E-state index contributed by atoms with van der Waals surface area (Å²) in [7, 11) is 0. The fourth-order valence-corrected chi connectivity index (χ4v) is 4.33. The number of carbonyl (C=O) groups excluding carboxylic acids is 1. The van der Waals surface area contributed by atoms with Crippen LogP contribution in [-0.4, -0.2) is 21.9 Å². The number of hydrogen-bond acceptors (Lipinski definition) is 4. The van der Waals surface area contributed by atoms with Gasteiger partial charge in [-0.3, -0.25) is 5.32 Å². The Morgan fingerprint density at radius 1 is 1.17 bits per heavy atom. The first kappa shape index (κ1) is 18.9. The average Bonchev–Trinajstić information content (AvgIpc) is 3.49. The largest absolute Gasteiger partial charge is 0.508 e. The summed E-state index contributed by atoms with van der Waals surface area (Å²) in [5.41, 5.74) is 10.9. The summed E-state index contributed by atoms with van der Waals surface area (Å²) in [6.07, 6.45) is 5.23. The molecule has 6 nitrogen and oxygen atoms in total. The number of amides is 1. The Balaban J connectivity index is 1.44. The number of phenols is 1. The van der Waals surface area contributed by atoms with Gasteiger partial charge in [-0.25, -0.2) is 4.79 Å². The molecule has 1 atom stereocenters. The number of aromatic hydroxyl groups is 1. The number of hydrogen-bond donors (Lipinski definition) is 3. The van der Waals surface area contributed by atoms with Crippen molar-refractivity contribution in [1.29, 1.82) is 0 Å². The first-order valence-corrected chi connectivity index (χ1v) is 10.7. The zero-order chi connectivity index (χ0) is 20.8. The molecule has 0 radical (unpaired) electrons. The maximum atomic E-state index is 12.1. The van der Waals surface area contributed by atoms with Crippen molar-refractivity contribution in [3.8, 4) is 17.0 Å². The minimum absolute atomic E-state index is 0.0429. The number of nitrogen functional groups attached to an aromatic ring is 1. The van der Waals surface area contributed by atoms with E-state index in [2.05, 4.69) is 9.88 Å². The summed E-state index contributed by atoms with van der Waals surface area (Å²) in [6, 6.07) is 13.4. The lowest BCUT2D eigenvalue weighted by Gasteiger charge is -2.30. The second kappa shape index (κ2) is 7.27. The molecule has 1 aromatic heterocycles. The number of nitrogens with one attached hydrogen (secondary N) is 1. The molecule has 30 heavy (non-hydrogen) atoms. The van der Waals surface area contributed by atoms with Crippen molar-refractivity contribution in [2.24, 2.45) is 5.92 Å². The molecule has 0 aliphatic heterocycles. The maximum absolute atomic E-state index is 12.1. The number of nitrogens with zero attached hydrogens (tertiary/aromatic N) is 1. The summed E-state index contributed by atoms with van der Waals surface area (Å²) in [5.74, 6) is 0.750. The van der Waals surface area contributed by atoms with Gasteiger partial charge in [0.1, 0.15) is 11.9 Å². The lowest BCUT2D eigenvalue weighted by Crippen LogP contribution is -2.21. The summed E-state index contributed by atoms with van der Waals surface area (Å²) in [4.78, 5) is 12.1. The van der Waals surface area contributed by atoms with Crippen LogP contribution in [0, 0.1) is 5.92 Å². The van der Waals surface area contributed by atoms with E-state index in [-0.39, 0.29) is 11.9 Å². The Bertz CT molecular complexity index is 1100. The lowest BCUT2D eigenvalue weighted by atomic mass is 9.92. The van der Waals surface area contributed by atoms with Gasteiger partial charge in [-0.1, -0.05) is 12.1 Å². The van der Waals surface area contributed by atoms with E-state index in [1.165, 1.54) is 6.42 Å². The zero-order valence-corrected chi connectivity index (χ0v) is 17.1. The number of ether oxygens (including phenoxy) is 1. The topological polar surface area (TPSA) is 89.5 Å². The summed E-state index contributed by atoms with van der Waals surface area (Å²) in [6.45, 7) is 1.94. The van der Waals surface area contributed by atoms with E-state index in [0.717, 1.165) is 53.5 Å². The van der Waals surface area contributed by atoms with Gasteiger partial charge in [0.15, 0.2) is 0 Å². The second-order valence-electron chi connectivity index (χ2n) is 8.57. The van der Waals surface area contributed by atoms with E-state index < -0.39 is 6.09 Å². The van der Waals surface area contributed by atoms with E-state index in [4.69, 9.17) is 10.5 Å². The first-order chi connectivity index (χ1) is 14.5. The normalized spacial score (nSPS) is 17.5. The quantitative estimate of drug-likeness (QED) is 0.510. The van der Waals surface area contributed by atoms with E-state index in [9.17, 15) is 9.90 Å². The molecule has 0 saturated heterocycles. The minimum Gasteiger partial charge on any atom is -0.508 e. The molecule has 2 saturated carbocycles. The number of rotatable bonds is 5. The molecule has 2 fully saturated rings. The molecule has 0 spiro atoms. The molecule has 1 heterocycles. The van der Waals surface area contributed by atoms with Crippen LogP contribution in [0.5, 0.6) is 5.75 Å².